The Labute approximate surface area is 169 Å². The van der Waals surface area contributed by atoms with Gasteiger partial charge in [-0.1, -0.05) is 20.8 Å². The third kappa shape index (κ3) is 5.43. The van der Waals surface area contributed by atoms with Gasteiger partial charge in [0.1, 0.15) is 6.54 Å². The third-order valence-corrected chi connectivity index (χ3v) is 6.79. The number of anilines is 1. The van der Waals surface area contributed by atoms with E-state index in [1.54, 1.807) is 43.9 Å². The first kappa shape index (κ1) is 22.1. The number of sulfonamides is 1. The van der Waals surface area contributed by atoms with Crippen LogP contribution in [-0.4, -0.2) is 47.0 Å². The Morgan fingerprint density at radius 2 is 1.89 bits per heavy atom. The number of hydrogen-bond donors (Lipinski definition) is 1. The van der Waals surface area contributed by atoms with Crippen molar-refractivity contribution >= 4 is 33.4 Å². The minimum absolute atomic E-state index is 0.0220. The molecule has 0 saturated heterocycles. The average Bonchev–Trinajstić information content (AvgIpc) is 2.66. The maximum atomic E-state index is 12.6. The van der Waals surface area contributed by atoms with Gasteiger partial charge < -0.3 is 9.88 Å². The molecule has 10 heteroatoms. The van der Waals surface area contributed by atoms with E-state index in [0.29, 0.717) is 18.8 Å². The lowest BCUT2D eigenvalue weighted by molar-refractivity contribution is -0.116. The fourth-order valence-electron chi connectivity index (χ4n) is 2.54. The van der Waals surface area contributed by atoms with Crippen LogP contribution in [0.25, 0.3) is 0 Å². The molecule has 0 aromatic carbocycles. The highest BCUT2D eigenvalue weighted by molar-refractivity contribution is 7.99. The van der Waals surface area contributed by atoms with Gasteiger partial charge in [0.2, 0.25) is 15.9 Å². The lowest BCUT2D eigenvalue weighted by atomic mass is 10.4. The Balaban J connectivity index is 2.17. The van der Waals surface area contributed by atoms with Crippen molar-refractivity contribution in [2.45, 2.75) is 37.2 Å². The number of nitrogens with one attached hydrogen (secondary N) is 1. The summed E-state index contributed by atoms with van der Waals surface area (Å²) in [7, 11) is -3.72. The lowest BCUT2D eigenvalue weighted by Gasteiger charge is -2.19. The zero-order chi connectivity index (χ0) is 20.7. The number of amides is 1. The van der Waals surface area contributed by atoms with Crippen molar-refractivity contribution in [3.63, 3.8) is 0 Å². The van der Waals surface area contributed by atoms with Crippen molar-refractivity contribution in [2.75, 3.05) is 24.2 Å². The highest BCUT2D eigenvalue weighted by Crippen LogP contribution is 2.17. The molecule has 0 radical (unpaired) electrons. The second kappa shape index (κ2) is 9.85. The first-order valence-electron chi connectivity index (χ1n) is 8.91. The molecule has 152 valence electrons. The van der Waals surface area contributed by atoms with E-state index in [1.807, 2.05) is 6.92 Å². The Morgan fingerprint density at radius 3 is 2.46 bits per heavy atom. The van der Waals surface area contributed by atoms with Gasteiger partial charge in [0.15, 0.2) is 0 Å². The molecule has 0 fully saturated rings. The standard InChI is InChI=1S/C18H24N4O4S2/c1-4-22(5-2)28(25,26)15-8-10-18(24)21(12-15)13-16(23)20-14-7-9-17(19-11-14)27-6-3/h7-12H,4-6,13H2,1-3H3,(H,20,23). The zero-order valence-electron chi connectivity index (χ0n) is 16.1. The highest BCUT2D eigenvalue weighted by atomic mass is 32.2. The van der Waals surface area contributed by atoms with E-state index in [2.05, 4.69) is 10.3 Å². The fraction of sp³-hybridized carbons (Fsp3) is 0.389. The van der Waals surface area contributed by atoms with Gasteiger partial charge in [-0.05, 0) is 24.0 Å². The van der Waals surface area contributed by atoms with Gasteiger partial charge in [-0.25, -0.2) is 13.4 Å². The monoisotopic (exact) mass is 424 g/mol. The Morgan fingerprint density at radius 1 is 1.18 bits per heavy atom. The maximum Gasteiger partial charge on any atom is 0.251 e. The first-order valence-corrected chi connectivity index (χ1v) is 11.3. The van der Waals surface area contributed by atoms with Gasteiger partial charge in [0.05, 0.1) is 21.8 Å². The number of carbonyl (C=O) groups is 1. The van der Waals surface area contributed by atoms with E-state index < -0.39 is 21.5 Å². The van der Waals surface area contributed by atoms with Gasteiger partial charge in [-0.3, -0.25) is 9.59 Å². The summed E-state index contributed by atoms with van der Waals surface area (Å²) < 4.78 is 27.6. The number of thioether (sulfide) groups is 1. The van der Waals surface area contributed by atoms with Gasteiger partial charge in [0.25, 0.3) is 5.56 Å². The second-order valence-corrected chi connectivity index (χ2v) is 9.01. The highest BCUT2D eigenvalue weighted by Gasteiger charge is 2.22. The SMILES string of the molecule is CCSc1ccc(NC(=O)Cn2cc(S(=O)(=O)N(CC)CC)ccc2=O)cn1. The van der Waals surface area contributed by atoms with Crippen LogP contribution in [0.4, 0.5) is 5.69 Å². The predicted molar refractivity (Wildman–Crippen MR) is 110 cm³/mol. The number of nitrogens with zero attached hydrogens (tertiary/aromatic N) is 3. The number of rotatable bonds is 9. The zero-order valence-corrected chi connectivity index (χ0v) is 17.7. The summed E-state index contributed by atoms with van der Waals surface area (Å²) in [5.41, 5.74) is 0.0480. The molecule has 2 aromatic heterocycles. The molecule has 8 nitrogen and oxygen atoms in total. The van der Waals surface area contributed by atoms with Crippen LogP contribution in [0.5, 0.6) is 0 Å². The van der Waals surface area contributed by atoms with Gasteiger partial charge in [-0.2, -0.15) is 4.31 Å². The van der Waals surface area contributed by atoms with Crippen molar-refractivity contribution in [2.24, 2.45) is 0 Å². The molecule has 1 amide bonds. The minimum atomic E-state index is -3.72. The summed E-state index contributed by atoms with van der Waals surface area (Å²) in [5, 5.41) is 3.51. The molecular formula is C18H24N4O4S2. The van der Waals surface area contributed by atoms with E-state index in [-0.39, 0.29) is 11.4 Å². The molecule has 2 heterocycles. The van der Waals surface area contributed by atoms with E-state index in [0.717, 1.165) is 21.4 Å². The maximum absolute atomic E-state index is 12.6. The molecule has 0 saturated carbocycles. The van der Waals surface area contributed by atoms with Crippen LogP contribution in [0, 0.1) is 0 Å². The smallest absolute Gasteiger partial charge is 0.251 e. The molecule has 0 bridgehead atoms. The summed E-state index contributed by atoms with van der Waals surface area (Å²) in [6, 6.07) is 5.95. The average molecular weight is 425 g/mol. The number of aromatic nitrogens is 2. The molecule has 0 aliphatic rings. The quantitative estimate of drug-likeness (QED) is 0.618. The van der Waals surface area contributed by atoms with Crippen LogP contribution in [0.1, 0.15) is 20.8 Å². The molecule has 1 N–H and O–H groups in total. The van der Waals surface area contributed by atoms with Crippen LogP contribution in [0.3, 0.4) is 0 Å². The molecule has 0 unspecified atom stereocenters. The van der Waals surface area contributed by atoms with Crippen molar-refractivity contribution in [3.8, 4) is 0 Å². The molecule has 0 atom stereocenters. The van der Waals surface area contributed by atoms with Crippen LogP contribution in [0.15, 0.2) is 51.4 Å². The first-order chi connectivity index (χ1) is 13.3. The normalized spacial score (nSPS) is 11.6. The Bertz CT molecular complexity index is 968. The molecule has 0 aliphatic heterocycles. The van der Waals surface area contributed by atoms with Gasteiger partial charge >= 0.3 is 0 Å². The van der Waals surface area contributed by atoms with Crippen molar-refractivity contribution in [1.82, 2.24) is 13.9 Å². The molecule has 28 heavy (non-hydrogen) atoms. The predicted octanol–water partition coefficient (Wildman–Crippen LogP) is 2.02. The molecule has 0 spiro atoms. The summed E-state index contributed by atoms with van der Waals surface area (Å²) in [4.78, 5) is 28.6. The van der Waals surface area contributed by atoms with E-state index in [1.165, 1.54) is 16.6 Å². The summed E-state index contributed by atoms with van der Waals surface area (Å²) in [6.45, 7) is 5.83. The van der Waals surface area contributed by atoms with E-state index in [4.69, 9.17) is 0 Å². The van der Waals surface area contributed by atoms with E-state index >= 15 is 0 Å². The summed E-state index contributed by atoms with van der Waals surface area (Å²) >= 11 is 1.59. The van der Waals surface area contributed by atoms with E-state index in [9.17, 15) is 18.0 Å². The number of hydrogen-bond acceptors (Lipinski definition) is 6. The van der Waals surface area contributed by atoms with Crippen LogP contribution >= 0.6 is 11.8 Å². The van der Waals surface area contributed by atoms with Crippen LogP contribution < -0.4 is 10.9 Å². The lowest BCUT2D eigenvalue weighted by Crippen LogP contribution is -2.33. The summed E-state index contributed by atoms with van der Waals surface area (Å²) in [6.07, 6.45) is 2.74. The summed E-state index contributed by atoms with van der Waals surface area (Å²) in [5.74, 6) is 0.450. The number of pyridine rings is 2. The Kier molecular flexibility index (Phi) is 7.78. The molecule has 2 aromatic rings. The van der Waals surface area contributed by atoms with Crippen molar-refractivity contribution in [3.05, 3.63) is 47.0 Å². The molecule has 2 rings (SSSR count). The largest absolute Gasteiger partial charge is 0.323 e. The topological polar surface area (TPSA) is 101 Å². The van der Waals surface area contributed by atoms with Crippen molar-refractivity contribution < 1.29 is 13.2 Å². The van der Waals surface area contributed by atoms with Crippen LogP contribution in [-0.2, 0) is 21.4 Å². The molecular weight excluding hydrogens is 400 g/mol. The second-order valence-electron chi connectivity index (χ2n) is 5.79. The molecule has 0 aliphatic carbocycles. The van der Waals surface area contributed by atoms with Crippen LogP contribution in [0.2, 0.25) is 0 Å². The van der Waals surface area contributed by atoms with Gasteiger partial charge in [0, 0.05) is 25.4 Å². The fourth-order valence-corrected chi connectivity index (χ4v) is 4.61. The van der Waals surface area contributed by atoms with Crippen molar-refractivity contribution in [1.29, 1.82) is 0 Å². The minimum Gasteiger partial charge on any atom is -0.323 e. The van der Waals surface area contributed by atoms with Gasteiger partial charge in [-0.15, -0.1) is 11.8 Å². The third-order valence-electron chi connectivity index (χ3n) is 3.93. The Hall–Kier alpha value is -2.17. The number of carbonyl (C=O) groups excluding carboxylic acids is 1.